The summed E-state index contributed by atoms with van der Waals surface area (Å²) in [5, 5.41) is 3.09. The van der Waals surface area contributed by atoms with Crippen LogP contribution in [0.1, 0.15) is 5.56 Å². The fraction of sp³-hybridized carbons (Fsp3) is 0.222. The van der Waals surface area contributed by atoms with E-state index in [0.29, 0.717) is 17.2 Å². The first kappa shape index (κ1) is 15.9. The summed E-state index contributed by atoms with van der Waals surface area (Å²) in [4.78, 5) is 0. The van der Waals surface area contributed by atoms with Crippen molar-refractivity contribution in [3.63, 3.8) is 0 Å². The van der Waals surface area contributed by atoms with Gasteiger partial charge < -0.3 is 19.5 Å². The standard InChI is InChI=1S/C18H21NO3/c1-19-12-11-16(14-7-5-4-6-8-14)22-15-9-10-17(20-2)18(13-15)21-3/h4-11,13,19H,12H2,1-3H3/b16-11+. The summed E-state index contributed by atoms with van der Waals surface area (Å²) in [5.41, 5.74) is 1.02. The van der Waals surface area contributed by atoms with Crippen LogP contribution in [0.4, 0.5) is 0 Å². The number of hydrogen-bond acceptors (Lipinski definition) is 4. The second kappa shape index (κ2) is 8.10. The molecular weight excluding hydrogens is 278 g/mol. The lowest BCUT2D eigenvalue weighted by molar-refractivity contribution is 0.352. The topological polar surface area (TPSA) is 39.7 Å². The summed E-state index contributed by atoms with van der Waals surface area (Å²) in [6.07, 6.45) is 2.01. The minimum Gasteiger partial charge on any atom is -0.493 e. The predicted molar refractivity (Wildman–Crippen MR) is 88.5 cm³/mol. The Morgan fingerprint density at radius 1 is 1.00 bits per heavy atom. The highest BCUT2D eigenvalue weighted by atomic mass is 16.5. The third-order valence-electron chi connectivity index (χ3n) is 3.13. The average Bonchev–Trinajstić information content (AvgIpc) is 2.59. The highest BCUT2D eigenvalue weighted by Gasteiger charge is 2.08. The van der Waals surface area contributed by atoms with Crippen LogP contribution in [0.25, 0.3) is 5.76 Å². The number of nitrogens with one attached hydrogen (secondary N) is 1. The molecule has 0 aliphatic rings. The number of methoxy groups -OCH3 is 2. The van der Waals surface area contributed by atoms with Crippen molar-refractivity contribution in [3.05, 3.63) is 60.2 Å². The maximum absolute atomic E-state index is 6.03. The van der Waals surface area contributed by atoms with Crippen molar-refractivity contribution in [2.24, 2.45) is 0 Å². The fourth-order valence-electron chi connectivity index (χ4n) is 2.02. The lowest BCUT2D eigenvalue weighted by Gasteiger charge is -2.13. The molecule has 0 bridgehead atoms. The summed E-state index contributed by atoms with van der Waals surface area (Å²) in [6, 6.07) is 15.5. The molecule has 2 rings (SSSR count). The SMILES string of the molecule is CNC/C=C(/Oc1ccc(OC)c(OC)c1)c1ccccc1. The predicted octanol–water partition coefficient (Wildman–Crippen LogP) is 3.34. The van der Waals surface area contributed by atoms with Crippen LogP contribution in [0.5, 0.6) is 17.2 Å². The van der Waals surface area contributed by atoms with Gasteiger partial charge in [0.25, 0.3) is 0 Å². The molecule has 2 aromatic carbocycles. The summed E-state index contributed by atoms with van der Waals surface area (Å²) in [6.45, 7) is 0.720. The van der Waals surface area contributed by atoms with Crippen LogP contribution in [0.15, 0.2) is 54.6 Å². The van der Waals surface area contributed by atoms with E-state index in [2.05, 4.69) is 5.32 Å². The van der Waals surface area contributed by atoms with Crippen molar-refractivity contribution in [1.82, 2.24) is 5.32 Å². The maximum atomic E-state index is 6.03. The van der Waals surface area contributed by atoms with E-state index >= 15 is 0 Å². The molecule has 0 atom stereocenters. The van der Waals surface area contributed by atoms with E-state index in [-0.39, 0.29) is 0 Å². The van der Waals surface area contributed by atoms with E-state index < -0.39 is 0 Å². The Bertz CT molecular complexity index is 623. The van der Waals surface area contributed by atoms with Crippen molar-refractivity contribution in [2.75, 3.05) is 27.8 Å². The van der Waals surface area contributed by atoms with Gasteiger partial charge in [-0.3, -0.25) is 0 Å². The first-order valence-corrected chi connectivity index (χ1v) is 7.08. The zero-order chi connectivity index (χ0) is 15.8. The van der Waals surface area contributed by atoms with Gasteiger partial charge in [0.15, 0.2) is 11.5 Å². The largest absolute Gasteiger partial charge is 0.493 e. The van der Waals surface area contributed by atoms with E-state index in [9.17, 15) is 0 Å². The Kier molecular flexibility index (Phi) is 5.86. The van der Waals surface area contributed by atoms with Crippen LogP contribution < -0.4 is 19.5 Å². The lowest BCUT2D eigenvalue weighted by Crippen LogP contribution is -2.07. The highest BCUT2D eigenvalue weighted by molar-refractivity contribution is 5.62. The molecule has 0 aliphatic carbocycles. The molecule has 0 saturated carbocycles. The number of benzene rings is 2. The molecule has 116 valence electrons. The van der Waals surface area contributed by atoms with Crippen molar-refractivity contribution >= 4 is 5.76 Å². The zero-order valence-corrected chi connectivity index (χ0v) is 13.1. The molecule has 0 aliphatic heterocycles. The van der Waals surface area contributed by atoms with Gasteiger partial charge in [-0.2, -0.15) is 0 Å². The Balaban J connectivity index is 2.28. The van der Waals surface area contributed by atoms with Gasteiger partial charge >= 0.3 is 0 Å². The molecule has 4 heteroatoms. The Morgan fingerprint density at radius 2 is 1.73 bits per heavy atom. The van der Waals surface area contributed by atoms with Gasteiger partial charge in [0.1, 0.15) is 11.5 Å². The van der Waals surface area contributed by atoms with Crippen molar-refractivity contribution in [1.29, 1.82) is 0 Å². The molecule has 2 aromatic rings. The quantitative estimate of drug-likeness (QED) is 0.796. The molecular formula is C18H21NO3. The van der Waals surface area contributed by atoms with Crippen molar-refractivity contribution in [2.45, 2.75) is 0 Å². The van der Waals surface area contributed by atoms with Crippen molar-refractivity contribution in [3.8, 4) is 17.2 Å². The third kappa shape index (κ3) is 4.02. The second-order valence-corrected chi connectivity index (χ2v) is 4.61. The fourth-order valence-corrected chi connectivity index (χ4v) is 2.02. The molecule has 0 unspecified atom stereocenters. The first-order valence-electron chi connectivity index (χ1n) is 7.08. The summed E-state index contributed by atoms with van der Waals surface area (Å²) in [7, 11) is 5.12. The van der Waals surface area contributed by atoms with Crippen LogP contribution in [0.3, 0.4) is 0 Å². The van der Waals surface area contributed by atoms with Gasteiger partial charge in [0.2, 0.25) is 0 Å². The maximum Gasteiger partial charge on any atom is 0.164 e. The number of ether oxygens (including phenoxy) is 3. The normalized spacial score (nSPS) is 11.1. The van der Waals surface area contributed by atoms with E-state index in [4.69, 9.17) is 14.2 Å². The molecule has 0 radical (unpaired) electrons. The molecule has 0 saturated heterocycles. The smallest absolute Gasteiger partial charge is 0.164 e. The summed E-state index contributed by atoms with van der Waals surface area (Å²) in [5.74, 6) is 2.81. The van der Waals surface area contributed by atoms with E-state index in [1.165, 1.54) is 0 Å². The van der Waals surface area contributed by atoms with Crippen LogP contribution >= 0.6 is 0 Å². The van der Waals surface area contributed by atoms with Crippen LogP contribution in [-0.4, -0.2) is 27.8 Å². The molecule has 1 N–H and O–H groups in total. The van der Waals surface area contributed by atoms with Gasteiger partial charge in [-0.05, 0) is 25.3 Å². The van der Waals surface area contributed by atoms with E-state index in [1.807, 2.05) is 61.7 Å². The monoisotopic (exact) mass is 299 g/mol. The third-order valence-corrected chi connectivity index (χ3v) is 3.13. The molecule has 0 fully saturated rings. The Morgan fingerprint density at radius 3 is 2.36 bits per heavy atom. The zero-order valence-electron chi connectivity index (χ0n) is 13.1. The second-order valence-electron chi connectivity index (χ2n) is 4.61. The Hall–Kier alpha value is -2.46. The molecule has 22 heavy (non-hydrogen) atoms. The molecule has 4 nitrogen and oxygen atoms in total. The van der Waals surface area contributed by atoms with Gasteiger partial charge in [-0.15, -0.1) is 0 Å². The lowest BCUT2D eigenvalue weighted by atomic mass is 10.2. The number of rotatable bonds is 7. The van der Waals surface area contributed by atoms with Gasteiger partial charge in [0, 0.05) is 18.2 Å². The summed E-state index contributed by atoms with van der Waals surface area (Å²) < 4.78 is 16.6. The van der Waals surface area contributed by atoms with Crippen molar-refractivity contribution < 1.29 is 14.2 Å². The average molecular weight is 299 g/mol. The number of likely N-dealkylation sites (N-methyl/N-ethyl adjacent to an activating group) is 1. The van der Waals surface area contributed by atoms with Gasteiger partial charge in [0.05, 0.1) is 14.2 Å². The minimum atomic E-state index is 0.640. The van der Waals surface area contributed by atoms with E-state index in [1.54, 1.807) is 14.2 Å². The van der Waals surface area contributed by atoms with Gasteiger partial charge in [-0.25, -0.2) is 0 Å². The van der Waals surface area contributed by atoms with Gasteiger partial charge in [-0.1, -0.05) is 30.3 Å². The van der Waals surface area contributed by atoms with Crippen LogP contribution in [0.2, 0.25) is 0 Å². The molecule has 0 spiro atoms. The van der Waals surface area contributed by atoms with E-state index in [0.717, 1.165) is 17.9 Å². The molecule has 0 aromatic heterocycles. The Labute approximate surface area is 131 Å². The minimum absolute atomic E-state index is 0.640. The highest BCUT2D eigenvalue weighted by Crippen LogP contribution is 2.32. The molecule has 0 amide bonds. The van der Waals surface area contributed by atoms with Crippen LogP contribution in [0, 0.1) is 0 Å². The van der Waals surface area contributed by atoms with Crippen LogP contribution in [-0.2, 0) is 0 Å². The summed E-state index contributed by atoms with van der Waals surface area (Å²) >= 11 is 0. The molecule has 0 heterocycles. The number of hydrogen-bond donors (Lipinski definition) is 1. The first-order chi connectivity index (χ1) is 10.8.